The summed E-state index contributed by atoms with van der Waals surface area (Å²) >= 11 is 13.7. The second kappa shape index (κ2) is 5.93. The molecule has 0 bridgehead atoms. The lowest BCUT2D eigenvalue weighted by atomic mass is 9.97. The molecule has 0 aliphatic heterocycles. The van der Waals surface area contributed by atoms with Gasteiger partial charge in [0, 0.05) is 4.88 Å². The minimum absolute atomic E-state index is 0.0421. The third-order valence-corrected chi connectivity index (χ3v) is 6.22. The normalized spacial score (nSPS) is 14.2. The third-order valence-electron chi connectivity index (χ3n) is 4.28. The molecule has 6 heteroatoms. The first-order valence-electron chi connectivity index (χ1n) is 7.57. The molecule has 2 aromatic heterocycles. The van der Waals surface area contributed by atoms with Crippen LogP contribution in [0.25, 0.3) is 10.2 Å². The van der Waals surface area contributed by atoms with Crippen LogP contribution in [-0.2, 0) is 19.4 Å². The first-order chi connectivity index (χ1) is 11.1. The van der Waals surface area contributed by atoms with Gasteiger partial charge in [-0.1, -0.05) is 29.3 Å². The van der Waals surface area contributed by atoms with Crippen molar-refractivity contribution in [2.24, 2.45) is 0 Å². The Morgan fingerprint density at radius 1 is 1.17 bits per heavy atom. The molecular formula is C17H14Cl2N2OS. The fraction of sp³-hybridized carbons (Fsp3) is 0.294. The summed E-state index contributed by atoms with van der Waals surface area (Å²) in [6, 6.07) is 5.43. The molecule has 4 rings (SSSR count). The minimum Gasteiger partial charge on any atom is -0.294 e. The Morgan fingerprint density at radius 3 is 2.83 bits per heavy atom. The molecule has 0 unspecified atom stereocenters. The number of nitrogens with zero attached hydrogens (tertiary/aromatic N) is 2. The monoisotopic (exact) mass is 364 g/mol. The number of halogens is 2. The van der Waals surface area contributed by atoms with E-state index in [1.807, 2.05) is 6.07 Å². The van der Waals surface area contributed by atoms with Gasteiger partial charge in [-0.15, -0.1) is 11.3 Å². The summed E-state index contributed by atoms with van der Waals surface area (Å²) in [5.74, 6) is 0. The van der Waals surface area contributed by atoms with E-state index < -0.39 is 0 Å². The topological polar surface area (TPSA) is 34.9 Å². The smallest absolute Gasteiger partial charge is 0.262 e. The van der Waals surface area contributed by atoms with Crippen LogP contribution in [-0.4, -0.2) is 9.55 Å². The summed E-state index contributed by atoms with van der Waals surface area (Å²) in [7, 11) is 0. The average Bonchev–Trinajstić information content (AvgIpc) is 2.93. The van der Waals surface area contributed by atoms with Gasteiger partial charge in [0.15, 0.2) is 0 Å². The van der Waals surface area contributed by atoms with Crippen molar-refractivity contribution in [1.82, 2.24) is 9.55 Å². The molecular weight excluding hydrogens is 351 g/mol. The van der Waals surface area contributed by atoms with Crippen LogP contribution < -0.4 is 5.56 Å². The lowest BCUT2D eigenvalue weighted by molar-refractivity contribution is 0.697. The van der Waals surface area contributed by atoms with Gasteiger partial charge in [-0.3, -0.25) is 9.36 Å². The van der Waals surface area contributed by atoms with E-state index in [1.165, 1.54) is 16.9 Å². The summed E-state index contributed by atoms with van der Waals surface area (Å²) in [5.41, 5.74) is 2.20. The summed E-state index contributed by atoms with van der Waals surface area (Å²) in [6.07, 6.45) is 6.05. The summed E-state index contributed by atoms with van der Waals surface area (Å²) < 4.78 is 1.66. The van der Waals surface area contributed by atoms with E-state index in [2.05, 4.69) is 4.98 Å². The standard InChI is InChI=1S/C17H14Cl2N2OS/c18-12-6-5-10(7-13(12)19)8-21-9-20-16-15(17(21)22)11-3-1-2-4-14(11)23-16/h5-7,9H,1-4,8H2. The molecule has 118 valence electrons. The predicted octanol–water partition coefficient (Wildman–Crippen LogP) is 4.69. The van der Waals surface area contributed by atoms with Crippen LogP contribution in [0.15, 0.2) is 29.3 Å². The van der Waals surface area contributed by atoms with Gasteiger partial charge in [-0.05, 0) is 48.9 Å². The van der Waals surface area contributed by atoms with Crippen LogP contribution in [0.4, 0.5) is 0 Å². The average molecular weight is 365 g/mol. The number of aryl methyl sites for hydroxylation is 2. The Balaban J connectivity index is 1.80. The van der Waals surface area contributed by atoms with Crippen molar-refractivity contribution < 1.29 is 0 Å². The summed E-state index contributed by atoms with van der Waals surface area (Å²) in [6.45, 7) is 0.448. The maximum atomic E-state index is 12.9. The summed E-state index contributed by atoms with van der Waals surface area (Å²) in [5, 5.41) is 1.83. The molecule has 23 heavy (non-hydrogen) atoms. The van der Waals surface area contributed by atoms with Crippen LogP contribution in [0.1, 0.15) is 28.8 Å². The van der Waals surface area contributed by atoms with Crippen LogP contribution in [0.5, 0.6) is 0 Å². The van der Waals surface area contributed by atoms with Crippen LogP contribution in [0.2, 0.25) is 10.0 Å². The maximum absolute atomic E-state index is 12.9. The van der Waals surface area contributed by atoms with Gasteiger partial charge in [-0.25, -0.2) is 4.98 Å². The molecule has 1 aliphatic rings. The number of aromatic nitrogens is 2. The van der Waals surface area contributed by atoms with E-state index in [1.54, 1.807) is 34.4 Å². The van der Waals surface area contributed by atoms with Gasteiger partial charge in [0.25, 0.3) is 5.56 Å². The van der Waals surface area contributed by atoms with Crippen molar-refractivity contribution in [3.05, 3.63) is 60.9 Å². The van der Waals surface area contributed by atoms with Crippen molar-refractivity contribution in [3.63, 3.8) is 0 Å². The number of thiophene rings is 1. The lowest BCUT2D eigenvalue weighted by Crippen LogP contribution is -2.21. The minimum atomic E-state index is 0.0421. The van der Waals surface area contributed by atoms with E-state index in [0.717, 1.165) is 35.0 Å². The van der Waals surface area contributed by atoms with E-state index in [9.17, 15) is 4.79 Å². The van der Waals surface area contributed by atoms with E-state index in [0.29, 0.717) is 16.6 Å². The molecule has 0 N–H and O–H groups in total. The molecule has 0 saturated heterocycles. The van der Waals surface area contributed by atoms with E-state index in [-0.39, 0.29) is 5.56 Å². The first-order valence-corrected chi connectivity index (χ1v) is 9.14. The van der Waals surface area contributed by atoms with Crippen LogP contribution >= 0.6 is 34.5 Å². The number of hydrogen-bond donors (Lipinski definition) is 0. The number of hydrogen-bond acceptors (Lipinski definition) is 3. The molecule has 0 spiro atoms. The fourth-order valence-corrected chi connectivity index (χ4v) is 4.67. The molecule has 1 aromatic carbocycles. The predicted molar refractivity (Wildman–Crippen MR) is 96.1 cm³/mol. The Labute approximate surface area is 147 Å². The highest BCUT2D eigenvalue weighted by atomic mass is 35.5. The first kappa shape index (κ1) is 15.2. The zero-order valence-electron chi connectivity index (χ0n) is 12.3. The molecule has 0 fully saturated rings. The summed E-state index contributed by atoms with van der Waals surface area (Å²) in [4.78, 5) is 19.6. The molecule has 0 radical (unpaired) electrons. The van der Waals surface area contributed by atoms with Crippen molar-refractivity contribution >= 4 is 44.8 Å². The number of rotatable bonds is 2. The Kier molecular flexibility index (Phi) is 3.92. The Morgan fingerprint density at radius 2 is 2.00 bits per heavy atom. The number of benzene rings is 1. The van der Waals surface area contributed by atoms with Gasteiger partial charge in [0.2, 0.25) is 0 Å². The Bertz CT molecular complexity index is 961. The zero-order chi connectivity index (χ0) is 16.0. The largest absolute Gasteiger partial charge is 0.294 e. The maximum Gasteiger partial charge on any atom is 0.262 e. The highest BCUT2D eigenvalue weighted by Crippen LogP contribution is 2.33. The van der Waals surface area contributed by atoms with Gasteiger partial charge in [0.05, 0.1) is 28.3 Å². The third kappa shape index (κ3) is 2.69. The van der Waals surface area contributed by atoms with Crippen molar-refractivity contribution in [2.45, 2.75) is 32.2 Å². The SMILES string of the molecule is O=c1c2c3c(sc2ncn1Cc1ccc(Cl)c(Cl)c1)CCCC3. The molecule has 3 aromatic rings. The van der Waals surface area contributed by atoms with Crippen molar-refractivity contribution in [2.75, 3.05) is 0 Å². The van der Waals surface area contributed by atoms with Crippen LogP contribution in [0, 0.1) is 0 Å². The van der Waals surface area contributed by atoms with Gasteiger partial charge < -0.3 is 0 Å². The van der Waals surface area contributed by atoms with Gasteiger partial charge >= 0.3 is 0 Å². The molecule has 0 amide bonds. The van der Waals surface area contributed by atoms with E-state index >= 15 is 0 Å². The zero-order valence-corrected chi connectivity index (χ0v) is 14.6. The van der Waals surface area contributed by atoms with Gasteiger partial charge in [0.1, 0.15) is 4.83 Å². The fourth-order valence-electron chi connectivity index (χ4n) is 3.13. The Hall–Kier alpha value is -1.36. The second-order valence-corrected chi connectivity index (χ2v) is 7.72. The quantitative estimate of drug-likeness (QED) is 0.660. The molecule has 2 heterocycles. The molecule has 1 aliphatic carbocycles. The molecule has 0 atom stereocenters. The highest BCUT2D eigenvalue weighted by molar-refractivity contribution is 7.18. The second-order valence-electron chi connectivity index (χ2n) is 5.82. The lowest BCUT2D eigenvalue weighted by Gasteiger charge is -2.10. The van der Waals surface area contributed by atoms with Crippen LogP contribution in [0.3, 0.4) is 0 Å². The molecule has 3 nitrogen and oxygen atoms in total. The van der Waals surface area contributed by atoms with Crippen molar-refractivity contribution in [1.29, 1.82) is 0 Å². The van der Waals surface area contributed by atoms with Gasteiger partial charge in [-0.2, -0.15) is 0 Å². The highest BCUT2D eigenvalue weighted by Gasteiger charge is 2.19. The molecule has 0 saturated carbocycles. The number of fused-ring (bicyclic) bond motifs is 3. The van der Waals surface area contributed by atoms with Crippen molar-refractivity contribution in [3.8, 4) is 0 Å². The van der Waals surface area contributed by atoms with E-state index in [4.69, 9.17) is 23.2 Å².